The highest BCUT2D eigenvalue weighted by molar-refractivity contribution is 7.13. The Hall–Kier alpha value is -2.15. The Bertz CT molecular complexity index is 705. The van der Waals surface area contributed by atoms with Gasteiger partial charge in [-0.05, 0) is 38.3 Å². The maximum atomic E-state index is 12.0. The summed E-state index contributed by atoms with van der Waals surface area (Å²) in [6, 6.07) is 1.62. The van der Waals surface area contributed by atoms with E-state index in [1.54, 1.807) is 13.0 Å². The van der Waals surface area contributed by atoms with Crippen LogP contribution in [-0.2, 0) is 6.42 Å². The van der Waals surface area contributed by atoms with E-state index < -0.39 is 0 Å². The van der Waals surface area contributed by atoms with Crippen LogP contribution in [0.5, 0.6) is 0 Å². The van der Waals surface area contributed by atoms with Gasteiger partial charge in [-0.25, -0.2) is 4.98 Å². The van der Waals surface area contributed by atoms with Crippen molar-refractivity contribution in [2.75, 3.05) is 12.3 Å². The summed E-state index contributed by atoms with van der Waals surface area (Å²) in [6.45, 7) is 4.15. The lowest BCUT2D eigenvalue weighted by molar-refractivity contribution is 0.0951. The number of rotatable bonds is 5. The van der Waals surface area contributed by atoms with Gasteiger partial charge in [-0.3, -0.25) is 9.59 Å². The van der Waals surface area contributed by atoms with Crippen LogP contribution in [0.3, 0.4) is 0 Å². The Balaban J connectivity index is 1.87. The molecule has 0 radical (unpaired) electrons. The Kier molecular flexibility index (Phi) is 4.74. The second-order valence-corrected chi connectivity index (χ2v) is 5.75. The van der Waals surface area contributed by atoms with Crippen LogP contribution in [0.4, 0.5) is 5.13 Å². The standard InChI is InChI=1S/C14H18N4O2S/c1-8-6-11(13(20)17-9(8)2)12(19)16-5-3-4-10-7-21-14(15)18-10/h6-7H,3-5H2,1-2H3,(H2,15,18)(H,16,19)(H,17,20). The Labute approximate surface area is 126 Å². The number of hydrogen-bond donors (Lipinski definition) is 3. The molecule has 0 aliphatic carbocycles. The molecule has 2 aromatic rings. The number of aromatic amines is 1. The molecule has 0 spiro atoms. The first kappa shape index (κ1) is 15.2. The first-order valence-electron chi connectivity index (χ1n) is 6.66. The topological polar surface area (TPSA) is 101 Å². The minimum atomic E-state index is -0.358. The zero-order valence-corrected chi connectivity index (χ0v) is 12.8. The van der Waals surface area contributed by atoms with Crippen molar-refractivity contribution in [3.63, 3.8) is 0 Å². The fraction of sp³-hybridized carbons (Fsp3) is 0.357. The summed E-state index contributed by atoms with van der Waals surface area (Å²) in [5, 5.41) is 5.21. The predicted molar refractivity (Wildman–Crippen MR) is 83.7 cm³/mol. The van der Waals surface area contributed by atoms with Crippen molar-refractivity contribution >= 4 is 22.4 Å². The van der Waals surface area contributed by atoms with Gasteiger partial charge < -0.3 is 16.0 Å². The average Bonchev–Trinajstić information content (AvgIpc) is 2.84. The predicted octanol–water partition coefficient (Wildman–Crippen LogP) is 1.39. The SMILES string of the molecule is Cc1cc(C(=O)NCCCc2csc(N)n2)c(=O)[nH]c1C. The second-order valence-electron chi connectivity index (χ2n) is 4.86. The van der Waals surface area contributed by atoms with E-state index in [4.69, 9.17) is 5.73 Å². The van der Waals surface area contributed by atoms with E-state index in [-0.39, 0.29) is 17.0 Å². The first-order valence-corrected chi connectivity index (χ1v) is 7.54. The van der Waals surface area contributed by atoms with Crippen LogP contribution in [0.15, 0.2) is 16.2 Å². The van der Waals surface area contributed by atoms with E-state index in [0.29, 0.717) is 11.7 Å². The fourth-order valence-electron chi connectivity index (χ4n) is 1.90. The van der Waals surface area contributed by atoms with Crippen LogP contribution >= 0.6 is 11.3 Å². The summed E-state index contributed by atoms with van der Waals surface area (Å²) in [7, 11) is 0. The molecule has 0 bridgehead atoms. The number of anilines is 1. The molecule has 2 heterocycles. The van der Waals surface area contributed by atoms with Crippen LogP contribution in [0.1, 0.15) is 33.7 Å². The number of carbonyl (C=O) groups excluding carboxylic acids is 1. The second kappa shape index (κ2) is 6.53. The molecule has 2 rings (SSSR count). The molecule has 21 heavy (non-hydrogen) atoms. The Morgan fingerprint density at radius 2 is 2.24 bits per heavy atom. The van der Waals surface area contributed by atoms with E-state index in [0.717, 1.165) is 29.8 Å². The van der Waals surface area contributed by atoms with Gasteiger partial charge in [0.15, 0.2) is 5.13 Å². The van der Waals surface area contributed by atoms with E-state index in [1.165, 1.54) is 11.3 Å². The monoisotopic (exact) mass is 306 g/mol. The number of amides is 1. The van der Waals surface area contributed by atoms with Gasteiger partial charge in [0.2, 0.25) is 0 Å². The van der Waals surface area contributed by atoms with Gasteiger partial charge in [-0.1, -0.05) is 0 Å². The van der Waals surface area contributed by atoms with Crippen molar-refractivity contribution in [2.45, 2.75) is 26.7 Å². The molecule has 0 fully saturated rings. The molecule has 0 aromatic carbocycles. The third-order valence-electron chi connectivity index (χ3n) is 3.21. The summed E-state index contributed by atoms with van der Waals surface area (Å²) >= 11 is 1.40. The molecule has 2 aromatic heterocycles. The Morgan fingerprint density at radius 3 is 2.90 bits per heavy atom. The zero-order valence-electron chi connectivity index (χ0n) is 12.0. The van der Waals surface area contributed by atoms with Crippen LogP contribution in [0, 0.1) is 13.8 Å². The lowest BCUT2D eigenvalue weighted by Gasteiger charge is -2.06. The molecule has 112 valence electrons. The molecule has 0 aliphatic rings. The fourth-order valence-corrected chi connectivity index (χ4v) is 2.50. The molecule has 7 heteroatoms. The van der Waals surface area contributed by atoms with Gasteiger partial charge in [-0.15, -0.1) is 11.3 Å². The lowest BCUT2D eigenvalue weighted by Crippen LogP contribution is -2.31. The van der Waals surface area contributed by atoms with Crippen molar-refractivity contribution in [1.82, 2.24) is 15.3 Å². The van der Waals surface area contributed by atoms with Crippen molar-refractivity contribution < 1.29 is 4.79 Å². The van der Waals surface area contributed by atoms with Crippen LogP contribution in [-0.4, -0.2) is 22.4 Å². The number of aromatic nitrogens is 2. The molecule has 0 atom stereocenters. The van der Waals surface area contributed by atoms with Crippen LogP contribution < -0.4 is 16.6 Å². The summed E-state index contributed by atoms with van der Waals surface area (Å²) in [5.41, 5.74) is 7.93. The van der Waals surface area contributed by atoms with Gasteiger partial charge in [0.05, 0.1) is 5.69 Å². The number of nitrogens with one attached hydrogen (secondary N) is 2. The van der Waals surface area contributed by atoms with Gasteiger partial charge in [0.25, 0.3) is 11.5 Å². The molecule has 0 saturated carbocycles. The van der Waals surface area contributed by atoms with Gasteiger partial charge in [-0.2, -0.15) is 0 Å². The van der Waals surface area contributed by atoms with E-state index >= 15 is 0 Å². The molecule has 4 N–H and O–H groups in total. The highest BCUT2D eigenvalue weighted by Crippen LogP contribution is 2.12. The third kappa shape index (κ3) is 3.91. The number of nitrogens with zero attached hydrogens (tertiary/aromatic N) is 1. The minimum absolute atomic E-state index is 0.149. The summed E-state index contributed by atoms with van der Waals surface area (Å²) in [5.74, 6) is -0.350. The van der Waals surface area contributed by atoms with Gasteiger partial charge in [0, 0.05) is 17.6 Å². The number of aryl methyl sites for hydroxylation is 3. The average molecular weight is 306 g/mol. The van der Waals surface area contributed by atoms with Crippen molar-refractivity contribution in [3.8, 4) is 0 Å². The largest absolute Gasteiger partial charge is 0.375 e. The molecule has 1 amide bonds. The maximum absolute atomic E-state index is 12.0. The minimum Gasteiger partial charge on any atom is -0.375 e. The van der Waals surface area contributed by atoms with Gasteiger partial charge >= 0.3 is 0 Å². The smallest absolute Gasteiger partial charge is 0.261 e. The van der Waals surface area contributed by atoms with Crippen LogP contribution in [0.25, 0.3) is 0 Å². The molecule has 0 unspecified atom stereocenters. The summed E-state index contributed by atoms with van der Waals surface area (Å²) < 4.78 is 0. The van der Waals surface area contributed by atoms with E-state index in [2.05, 4.69) is 15.3 Å². The molecule has 0 aliphatic heterocycles. The zero-order chi connectivity index (χ0) is 15.4. The number of pyridine rings is 1. The quantitative estimate of drug-likeness (QED) is 0.727. The van der Waals surface area contributed by atoms with E-state index in [9.17, 15) is 9.59 Å². The summed E-state index contributed by atoms with van der Waals surface area (Å²) in [4.78, 5) is 30.5. The number of nitrogen functional groups attached to an aromatic ring is 1. The van der Waals surface area contributed by atoms with Gasteiger partial charge in [0.1, 0.15) is 5.56 Å². The van der Waals surface area contributed by atoms with Crippen molar-refractivity contribution in [1.29, 1.82) is 0 Å². The molecular formula is C14H18N4O2S. The number of nitrogens with two attached hydrogens (primary N) is 1. The lowest BCUT2D eigenvalue weighted by atomic mass is 10.1. The third-order valence-corrected chi connectivity index (χ3v) is 3.93. The number of hydrogen-bond acceptors (Lipinski definition) is 5. The van der Waals surface area contributed by atoms with Crippen molar-refractivity contribution in [3.05, 3.63) is 44.3 Å². The summed E-state index contributed by atoms with van der Waals surface area (Å²) in [6.07, 6.45) is 1.49. The van der Waals surface area contributed by atoms with Crippen LogP contribution in [0.2, 0.25) is 0 Å². The molecule has 0 saturated heterocycles. The normalized spacial score (nSPS) is 10.6. The number of thiazole rings is 1. The van der Waals surface area contributed by atoms with Crippen molar-refractivity contribution in [2.24, 2.45) is 0 Å². The highest BCUT2D eigenvalue weighted by Gasteiger charge is 2.11. The highest BCUT2D eigenvalue weighted by atomic mass is 32.1. The number of carbonyl (C=O) groups is 1. The number of H-pyrrole nitrogens is 1. The maximum Gasteiger partial charge on any atom is 0.261 e. The molecular weight excluding hydrogens is 288 g/mol. The molecule has 6 nitrogen and oxygen atoms in total. The Morgan fingerprint density at radius 1 is 1.48 bits per heavy atom. The van der Waals surface area contributed by atoms with E-state index in [1.807, 2.05) is 12.3 Å². The first-order chi connectivity index (χ1) is 9.97.